The van der Waals surface area contributed by atoms with E-state index in [-0.39, 0.29) is 18.5 Å². The molecule has 1 rings (SSSR count). The molecule has 110 valence electrons. The molecule has 5 heteroatoms. The molecular formula is C15H23N3OS. The number of carbonyl (C=O) groups is 1. The molecule has 1 amide bonds. The molecule has 0 fully saturated rings. The van der Waals surface area contributed by atoms with E-state index in [0.717, 1.165) is 5.69 Å². The van der Waals surface area contributed by atoms with Gasteiger partial charge in [0, 0.05) is 18.8 Å². The number of hydrogen-bond acceptors (Lipinski definition) is 2. The molecule has 1 aromatic carbocycles. The lowest BCUT2D eigenvalue weighted by Crippen LogP contribution is -2.42. The lowest BCUT2D eigenvalue weighted by atomic mass is 10.1. The highest BCUT2D eigenvalue weighted by molar-refractivity contribution is 7.80. The number of likely N-dealkylation sites (N-methyl/N-ethyl adjacent to an activating group) is 1. The molecule has 2 N–H and O–H groups in total. The Morgan fingerprint density at radius 1 is 1.25 bits per heavy atom. The summed E-state index contributed by atoms with van der Waals surface area (Å²) in [6.45, 7) is 8.20. The second-order valence-corrected chi connectivity index (χ2v) is 5.77. The lowest BCUT2D eigenvalue weighted by molar-refractivity contribution is -0.121. The van der Waals surface area contributed by atoms with Crippen molar-refractivity contribution in [2.45, 2.75) is 33.7 Å². The number of nitrogens with zero attached hydrogens (tertiary/aromatic N) is 1. The van der Waals surface area contributed by atoms with E-state index in [1.54, 1.807) is 11.9 Å². The molecule has 0 atom stereocenters. The van der Waals surface area contributed by atoms with E-state index in [1.807, 2.05) is 39.8 Å². The molecule has 0 aliphatic carbocycles. The number of hydrogen-bond donors (Lipinski definition) is 2. The maximum absolute atomic E-state index is 11.7. The summed E-state index contributed by atoms with van der Waals surface area (Å²) in [7, 11) is 1.80. The van der Waals surface area contributed by atoms with Crippen molar-refractivity contribution in [1.29, 1.82) is 0 Å². The maximum atomic E-state index is 11.7. The van der Waals surface area contributed by atoms with Crippen LogP contribution in [0.1, 0.15) is 25.0 Å². The van der Waals surface area contributed by atoms with Crippen LogP contribution in [-0.2, 0) is 4.79 Å². The number of nitrogens with one attached hydrogen (secondary N) is 2. The summed E-state index contributed by atoms with van der Waals surface area (Å²) in [5.74, 6) is -0.0351. The number of thiocarbonyl (C=S) groups is 1. The van der Waals surface area contributed by atoms with Crippen LogP contribution in [0.3, 0.4) is 0 Å². The monoisotopic (exact) mass is 293 g/mol. The van der Waals surface area contributed by atoms with Crippen molar-refractivity contribution in [3.8, 4) is 0 Å². The van der Waals surface area contributed by atoms with Gasteiger partial charge in [-0.15, -0.1) is 0 Å². The minimum Gasteiger partial charge on any atom is -0.352 e. The smallest absolute Gasteiger partial charge is 0.239 e. The van der Waals surface area contributed by atoms with Crippen LogP contribution in [0.15, 0.2) is 18.2 Å². The van der Waals surface area contributed by atoms with E-state index in [9.17, 15) is 4.79 Å². The van der Waals surface area contributed by atoms with Gasteiger partial charge in [-0.3, -0.25) is 4.79 Å². The van der Waals surface area contributed by atoms with Crippen molar-refractivity contribution in [2.24, 2.45) is 0 Å². The molecule has 0 unspecified atom stereocenters. The summed E-state index contributed by atoms with van der Waals surface area (Å²) < 4.78 is 0. The van der Waals surface area contributed by atoms with Gasteiger partial charge in [-0.25, -0.2) is 0 Å². The predicted molar refractivity (Wildman–Crippen MR) is 88.0 cm³/mol. The molecule has 1 aromatic rings. The highest BCUT2D eigenvalue weighted by Gasteiger charge is 2.10. The van der Waals surface area contributed by atoms with Gasteiger partial charge < -0.3 is 15.5 Å². The summed E-state index contributed by atoms with van der Waals surface area (Å²) >= 11 is 5.31. The Kier molecular flexibility index (Phi) is 5.95. The van der Waals surface area contributed by atoms with Crippen LogP contribution < -0.4 is 10.6 Å². The first kappa shape index (κ1) is 16.4. The largest absolute Gasteiger partial charge is 0.352 e. The number of benzene rings is 1. The summed E-state index contributed by atoms with van der Waals surface area (Å²) in [6, 6.07) is 6.30. The standard InChI is InChI=1S/C15H23N3OS/c1-10(2)16-14(19)9-18(5)15(20)17-13-7-11(3)6-12(4)8-13/h6-8,10H,9H2,1-5H3,(H,16,19)(H,17,20). The fourth-order valence-corrected chi connectivity index (χ4v) is 2.10. The Labute approximate surface area is 126 Å². The van der Waals surface area contributed by atoms with Crippen LogP contribution in [0.5, 0.6) is 0 Å². The Hall–Kier alpha value is -1.62. The van der Waals surface area contributed by atoms with Crippen molar-refractivity contribution >= 4 is 28.9 Å². The van der Waals surface area contributed by atoms with Gasteiger partial charge in [0.1, 0.15) is 0 Å². The Morgan fingerprint density at radius 3 is 2.30 bits per heavy atom. The number of aryl methyl sites for hydroxylation is 2. The number of amides is 1. The fourth-order valence-electron chi connectivity index (χ4n) is 1.92. The van der Waals surface area contributed by atoms with E-state index in [2.05, 4.69) is 16.7 Å². The van der Waals surface area contributed by atoms with Gasteiger partial charge >= 0.3 is 0 Å². The van der Waals surface area contributed by atoms with Crippen molar-refractivity contribution in [3.63, 3.8) is 0 Å². The molecule has 0 radical (unpaired) electrons. The molecule has 0 aliphatic rings. The zero-order chi connectivity index (χ0) is 15.3. The zero-order valence-electron chi connectivity index (χ0n) is 12.8. The lowest BCUT2D eigenvalue weighted by Gasteiger charge is -2.21. The van der Waals surface area contributed by atoms with Crippen LogP contribution >= 0.6 is 12.2 Å². The molecule has 0 heterocycles. The summed E-state index contributed by atoms with van der Waals surface area (Å²) in [6.07, 6.45) is 0. The minimum absolute atomic E-state index is 0.0351. The summed E-state index contributed by atoms with van der Waals surface area (Å²) in [5.41, 5.74) is 3.30. The third kappa shape index (κ3) is 5.57. The Bertz CT molecular complexity index is 480. The highest BCUT2D eigenvalue weighted by Crippen LogP contribution is 2.14. The van der Waals surface area contributed by atoms with Crippen molar-refractivity contribution in [3.05, 3.63) is 29.3 Å². The van der Waals surface area contributed by atoms with E-state index < -0.39 is 0 Å². The molecule has 20 heavy (non-hydrogen) atoms. The van der Waals surface area contributed by atoms with Gasteiger partial charge in [0.15, 0.2) is 5.11 Å². The van der Waals surface area contributed by atoms with Gasteiger partial charge in [-0.2, -0.15) is 0 Å². The molecular weight excluding hydrogens is 270 g/mol. The van der Waals surface area contributed by atoms with E-state index in [0.29, 0.717) is 5.11 Å². The third-order valence-corrected chi connectivity index (χ3v) is 3.06. The minimum atomic E-state index is -0.0351. The van der Waals surface area contributed by atoms with Gasteiger partial charge in [-0.1, -0.05) is 6.07 Å². The van der Waals surface area contributed by atoms with Gasteiger partial charge in [-0.05, 0) is 63.2 Å². The number of rotatable bonds is 4. The second kappa shape index (κ2) is 7.24. The first-order valence-electron chi connectivity index (χ1n) is 6.67. The first-order chi connectivity index (χ1) is 9.27. The highest BCUT2D eigenvalue weighted by atomic mass is 32.1. The average molecular weight is 293 g/mol. The molecule has 0 aliphatic heterocycles. The van der Waals surface area contributed by atoms with Gasteiger partial charge in [0.05, 0.1) is 6.54 Å². The molecule has 0 spiro atoms. The van der Waals surface area contributed by atoms with Gasteiger partial charge in [0.25, 0.3) is 0 Å². The first-order valence-corrected chi connectivity index (χ1v) is 7.08. The molecule has 0 saturated carbocycles. The van der Waals surface area contributed by atoms with Crippen LogP contribution in [0, 0.1) is 13.8 Å². The van der Waals surface area contributed by atoms with E-state index in [4.69, 9.17) is 12.2 Å². The maximum Gasteiger partial charge on any atom is 0.239 e. The summed E-state index contributed by atoms with van der Waals surface area (Å²) in [4.78, 5) is 13.4. The Balaban J connectivity index is 2.59. The zero-order valence-corrected chi connectivity index (χ0v) is 13.6. The predicted octanol–water partition coefficient (Wildman–Crippen LogP) is 2.46. The number of carbonyl (C=O) groups excluding carboxylic acids is 1. The van der Waals surface area contributed by atoms with Gasteiger partial charge in [0.2, 0.25) is 5.91 Å². The molecule has 0 saturated heterocycles. The van der Waals surface area contributed by atoms with E-state index >= 15 is 0 Å². The summed E-state index contributed by atoms with van der Waals surface area (Å²) in [5, 5.41) is 6.54. The average Bonchev–Trinajstić information content (AvgIpc) is 2.25. The van der Waals surface area contributed by atoms with Crippen LogP contribution in [-0.4, -0.2) is 35.6 Å². The van der Waals surface area contributed by atoms with Crippen molar-refractivity contribution < 1.29 is 4.79 Å². The SMILES string of the molecule is Cc1cc(C)cc(NC(=S)N(C)CC(=O)NC(C)C)c1. The Morgan fingerprint density at radius 2 is 1.80 bits per heavy atom. The molecule has 4 nitrogen and oxygen atoms in total. The van der Waals surface area contributed by atoms with E-state index in [1.165, 1.54) is 11.1 Å². The van der Waals surface area contributed by atoms with Crippen LogP contribution in [0.25, 0.3) is 0 Å². The van der Waals surface area contributed by atoms with Crippen molar-refractivity contribution in [2.75, 3.05) is 18.9 Å². The fraction of sp³-hybridized carbons (Fsp3) is 0.467. The second-order valence-electron chi connectivity index (χ2n) is 5.38. The number of anilines is 1. The third-order valence-electron chi connectivity index (χ3n) is 2.65. The topological polar surface area (TPSA) is 44.4 Å². The molecule has 0 aromatic heterocycles. The van der Waals surface area contributed by atoms with Crippen LogP contribution in [0.4, 0.5) is 5.69 Å². The molecule has 0 bridgehead atoms. The normalized spacial score (nSPS) is 10.3. The van der Waals surface area contributed by atoms with Crippen LogP contribution in [0.2, 0.25) is 0 Å². The van der Waals surface area contributed by atoms with Crippen molar-refractivity contribution in [1.82, 2.24) is 10.2 Å². The quantitative estimate of drug-likeness (QED) is 0.837.